The topological polar surface area (TPSA) is 98.9 Å². The molecule has 0 radical (unpaired) electrons. The SMILES string of the molecule is C.C.C.C.C.C.C.C.C.C.C.C.C.C=CC1CCC2OC2C1.C[SiH](O[Si](C)(C)C)O[Si](C)(O[Si](C)(C)O[Si](C)(C)C)C1CC2CCC1C2.C[Si](C)(C)O[Si](C)(C)O[Si](C)(O[Si](C)(CCC1CCC2OC2C1)O[Si](C)(C)C)C1CC2CCC1C2. The largest absolute Gasteiger partial charge is 0.439 e. The second kappa shape index (κ2) is 38.5. The van der Waals surface area contributed by atoms with E-state index in [-0.39, 0.29) is 96.5 Å². The highest BCUT2D eigenvalue weighted by Crippen LogP contribution is 2.58. The van der Waals surface area contributed by atoms with Crippen LogP contribution in [0.15, 0.2) is 12.7 Å². The summed E-state index contributed by atoms with van der Waals surface area (Å²) in [5.74, 6) is 4.88. The van der Waals surface area contributed by atoms with Crippen LogP contribution < -0.4 is 0 Å². The normalized spacial score (nSPS) is 30.1. The van der Waals surface area contributed by atoms with E-state index in [9.17, 15) is 0 Å². The zero-order valence-corrected chi connectivity index (χ0v) is 58.8. The zero-order valence-electron chi connectivity index (χ0n) is 48.7. The molecule has 512 valence electrons. The Morgan fingerprint density at radius 3 is 1.14 bits per heavy atom. The van der Waals surface area contributed by atoms with E-state index in [1.165, 1.54) is 96.3 Å². The van der Waals surface area contributed by atoms with E-state index in [1.54, 1.807) is 0 Å². The lowest BCUT2D eigenvalue weighted by atomic mass is 9.88. The van der Waals surface area contributed by atoms with E-state index in [0.29, 0.717) is 35.5 Å². The summed E-state index contributed by atoms with van der Waals surface area (Å²) in [5, 5.41) is 0. The van der Waals surface area contributed by atoms with Crippen LogP contribution in [0, 0.1) is 35.5 Å². The molecule has 0 aromatic heterocycles. The van der Waals surface area contributed by atoms with E-state index in [0.717, 1.165) is 41.6 Å². The molecule has 6 saturated carbocycles. The minimum atomic E-state index is -2.54. The second-order valence-electron chi connectivity index (χ2n) is 28.8. The van der Waals surface area contributed by atoms with Gasteiger partial charge < -0.3 is 42.4 Å². The molecule has 6 aliphatic carbocycles. The number of hydrogen-bond acceptors (Lipinski definition) is 10. The molecule has 16 unspecified atom stereocenters. The van der Waals surface area contributed by atoms with Crippen molar-refractivity contribution in [3.05, 3.63) is 12.7 Å². The van der Waals surface area contributed by atoms with Crippen LogP contribution in [0.25, 0.3) is 0 Å². The summed E-state index contributed by atoms with van der Waals surface area (Å²) in [7, 11) is -20.3. The Kier molecular flexibility index (Phi) is 46.7. The van der Waals surface area contributed by atoms with Crippen LogP contribution in [-0.4, -0.2) is 110 Å². The molecular formula is C63H160O10Si10. The van der Waals surface area contributed by atoms with Crippen LogP contribution in [0.3, 0.4) is 0 Å². The molecule has 0 N–H and O–H groups in total. The van der Waals surface area contributed by atoms with Gasteiger partial charge >= 0.3 is 42.8 Å². The lowest BCUT2D eigenvalue weighted by Gasteiger charge is -2.48. The fourth-order valence-electron chi connectivity index (χ4n) is 14.5. The highest BCUT2D eigenvalue weighted by Gasteiger charge is 2.59. The molecule has 8 fully saturated rings. The Labute approximate surface area is 537 Å². The van der Waals surface area contributed by atoms with Crippen LogP contribution in [0.5, 0.6) is 0 Å². The monoisotopic (exact) mass is 1360 g/mol. The Morgan fingerprint density at radius 2 is 0.795 bits per heavy atom. The van der Waals surface area contributed by atoms with Crippen molar-refractivity contribution in [2.24, 2.45) is 35.5 Å². The molecule has 2 heterocycles. The van der Waals surface area contributed by atoms with Gasteiger partial charge in [0.2, 0.25) is 0 Å². The second-order valence-corrected chi connectivity index (χ2v) is 67.6. The summed E-state index contributed by atoms with van der Waals surface area (Å²) < 4.78 is 66.5. The van der Waals surface area contributed by atoms with Crippen LogP contribution in [0.1, 0.15) is 193 Å². The Hall–Kier alpha value is 1.51. The standard InChI is InChI=1S/C25H54O5Si5.C17H42O4Si5.C8H12O.13CH4/c1-31(2,3)27-33(7,8)29-35(10,25-19-21-11-13-22(25)17-21)30-34(9,28-32(4,5)6)16-15-20-12-14-23-24(18-20)26-23;1-22(18-23(2,3)4)19-26(10,17-14-15-11-12-16(17)13-15)21-25(8,9)20-24(5,6)7;1-2-6-3-4-7-8(5-6)9-7;;;;;;;;;;;;;/h20-25H,11-19H2,1-10H3;15-17,22H,11-14H2,1-10H3;2,6-8H,1,3-5H2;13*1H4. The third-order valence-electron chi connectivity index (χ3n) is 16.2. The number of hydrogen-bond donors (Lipinski definition) is 0. The van der Waals surface area contributed by atoms with Gasteiger partial charge in [-0.25, -0.2) is 0 Å². The third-order valence-corrected chi connectivity index (χ3v) is 52.4. The maximum absolute atomic E-state index is 7.52. The molecule has 0 spiro atoms. The minimum absolute atomic E-state index is 0. The van der Waals surface area contributed by atoms with Gasteiger partial charge in [0.05, 0.1) is 24.4 Å². The van der Waals surface area contributed by atoms with Crippen molar-refractivity contribution in [2.45, 2.75) is 365 Å². The predicted octanol–water partition coefficient (Wildman–Crippen LogP) is 23.3. The Balaban J connectivity index is -0.000000175. The van der Waals surface area contributed by atoms with Gasteiger partial charge in [0.15, 0.2) is 33.3 Å². The summed E-state index contributed by atoms with van der Waals surface area (Å²) in [6.07, 6.45) is 24.2. The third kappa shape index (κ3) is 32.1. The molecule has 0 aromatic rings. The van der Waals surface area contributed by atoms with Crippen molar-refractivity contribution in [3.8, 4) is 0 Å². The Morgan fingerprint density at radius 1 is 0.398 bits per heavy atom. The van der Waals surface area contributed by atoms with E-state index >= 15 is 0 Å². The minimum Gasteiger partial charge on any atom is -0.439 e. The number of allylic oxidation sites excluding steroid dienone is 1. The molecule has 0 aromatic carbocycles. The van der Waals surface area contributed by atoms with Crippen molar-refractivity contribution in [1.82, 2.24) is 0 Å². The maximum Gasteiger partial charge on any atom is 0.320 e. The summed E-state index contributed by atoms with van der Waals surface area (Å²) >= 11 is 0. The molecule has 4 bridgehead atoms. The van der Waals surface area contributed by atoms with E-state index in [4.69, 9.17) is 42.4 Å². The summed E-state index contributed by atoms with van der Waals surface area (Å²) in [5.41, 5.74) is 1.21. The van der Waals surface area contributed by atoms with Gasteiger partial charge in [0.25, 0.3) is 9.28 Å². The molecule has 2 saturated heterocycles. The quantitative estimate of drug-likeness (QED) is 0.0592. The zero-order chi connectivity index (χ0) is 52.1. The van der Waals surface area contributed by atoms with Gasteiger partial charge in [0.1, 0.15) is 0 Å². The van der Waals surface area contributed by atoms with Crippen LogP contribution >= 0.6 is 0 Å². The van der Waals surface area contributed by atoms with Gasteiger partial charge in [-0.1, -0.05) is 128 Å². The number of fused-ring (bicyclic) bond motifs is 6. The first-order valence-electron chi connectivity index (χ1n) is 28.4. The van der Waals surface area contributed by atoms with Crippen molar-refractivity contribution in [2.75, 3.05) is 0 Å². The molecule has 83 heavy (non-hydrogen) atoms. The smallest absolute Gasteiger partial charge is 0.320 e. The summed E-state index contributed by atoms with van der Waals surface area (Å²) in [4.78, 5) is 0. The average Bonchev–Trinajstić information content (AvgIpc) is 3.81. The highest BCUT2D eigenvalue weighted by molar-refractivity contribution is 6.92. The lowest BCUT2D eigenvalue weighted by Crippen LogP contribution is -2.62. The van der Waals surface area contributed by atoms with Crippen molar-refractivity contribution < 1.29 is 42.4 Å². The van der Waals surface area contributed by atoms with Gasteiger partial charge in [-0.15, -0.1) is 6.58 Å². The average molecular weight is 1360 g/mol. The Bertz CT molecular complexity index is 1730. The van der Waals surface area contributed by atoms with Gasteiger partial charge in [0, 0.05) is 11.1 Å². The summed E-state index contributed by atoms with van der Waals surface area (Å²) in [6.45, 7) is 49.4. The van der Waals surface area contributed by atoms with Crippen molar-refractivity contribution in [3.63, 3.8) is 0 Å². The number of epoxide rings is 2. The van der Waals surface area contributed by atoms with Crippen molar-refractivity contribution in [1.29, 1.82) is 0 Å². The van der Waals surface area contributed by atoms with E-state index < -0.39 is 85.4 Å². The first-order chi connectivity index (χ1) is 31.9. The molecular weight excluding hydrogens is 1200 g/mol. The molecule has 0 amide bonds. The number of rotatable bonds is 22. The molecule has 8 aliphatic rings. The fraction of sp³-hybridized carbons (Fsp3) is 0.968. The van der Waals surface area contributed by atoms with Crippen LogP contribution in [0.4, 0.5) is 0 Å². The van der Waals surface area contributed by atoms with Gasteiger partial charge in [-0.05, 0) is 243 Å². The first kappa shape index (κ1) is 101. The van der Waals surface area contributed by atoms with Crippen molar-refractivity contribution >= 4 is 85.4 Å². The fourth-order valence-corrected chi connectivity index (χ4v) is 60.9. The number of ether oxygens (including phenoxy) is 2. The maximum atomic E-state index is 7.52. The van der Waals surface area contributed by atoms with Gasteiger partial charge in [-0.3, -0.25) is 0 Å². The van der Waals surface area contributed by atoms with E-state index in [1.807, 2.05) is 0 Å². The molecule has 16 atom stereocenters. The molecule has 2 aliphatic heterocycles. The molecule has 8 rings (SSSR count). The first-order valence-corrected chi connectivity index (χ1v) is 57.1. The highest BCUT2D eigenvalue weighted by atomic mass is 28.5. The molecule has 10 nitrogen and oxygen atoms in total. The van der Waals surface area contributed by atoms with Crippen LogP contribution in [0.2, 0.25) is 148 Å². The molecule has 20 heteroatoms. The van der Waals surface area contributed by atoms with E-state index in [2.05, 4.69) is 144 Å². The summed E-state index contributed by atoms with van der Waals surface area (Å²) in [6, 6.07) is 1.09. The van der Waals surface area contributed by atoms with Crippen LogP contribution in [-0.2, 0) is 42.4 Å². The lowest BCUT2D eigenvalue weighted by molar-refractivity contribution is 0.256. The van der Waals surface area contributed by atoms with Gasteiger partial charge in [-0.2, -0.15) is 0 Å². The predicted molar refractivity (Wildman–Crippen MR) is 402 cm³/mol.